The quantitative estimate of drug-likeness (QED) is 0.0278. The third kappa shape index (κ3) is 39.1. The number of allylic oxidation sites excluding steroid dienone is 2. The lowest BCUT2D eigenvalue weighted by molar-refractivity contribution is -0.131. The highest BCUT2D eigenvalue weighted by Crippen LogP contribution is 2.17. The molecule has 0 aliphatic carbocycles. The Kier molecular flexibility index (Phi) is 38.6. The van der Waals surface area contributed by atoms with Gasteiger partial charge in [-0.2, -0.15) is 8.42 Å². The van der Waals surface area contributed by atoms with Gasteiger partial charge in [-0.3, -0.25) is 9.35 Å². The van der Waals surface area contributed by atoms with E-state index in [1.165, 1.54) is 161 Å². The lowest BCUT2D eigenvalue weighted by Crippen LogP contribution is -2.50. The zero-order valence-corrected chi connectivity index (χ0v) is 35.8. The number of unbranched alkanes of at least 4 members (excludes halogenated alkanes) is 31. The Balaban J connectivity index is 3.91. The highest BCUT2D eigenvalue weighted by atomic mass is 32.2. The molecule has 3 unspecified atom stereocenters. The van der Waals surface area contributed by atoms with Crippen molar-refractivity contribution in [1.82, 2.24) is 5.32 Å². The zero-order valence-electron chi connectivity index (χ0n) is 35.0. The minimum atomic E-state index is -4.41. The van der Waals surface area contributed by atoms with Crippen molar-refractivity contribution in [2.75, 3.05) is 5.75 Å². The van der Waals surface area contributed by atoms with Crippen LogP contribution in [0.15, 0.2) is 12.2 Å². The van der Waals surface area contributed by atoms with Crippen molar-refractivity contribution in [3.05, 3.63) is 12.2 Å². The van der Waals surface area contributed by atoms with Crippen LogP contribution in [0, 0.1) is 0 Å². The minimum absolute atomic E-state index is 0.293. The van der Waals surface area contributed by atoms with Gasteiger partial charge in [0.15, 0.2) is 0 Å². The van der Waals surface area contributed by atoms with Crippen molar-refractivity contribution in [2.45, 2.75) is 263 Å². The highest BCUT2D eigenvalue weighted by Gasteiger charge is 2.28. The third-order valence-electron chi connectivity index (χ3n) is 10.8. The lowest BCUT2D eigenvalue weighted by atomic mass is 10.0. The van der Waals surface area contributed by atoms with Gasteiger partial charge in [0.25, 0.3) is 10.1 Å². The number of hydrogen-bond donors (Lipinski definition) is 4. The summed E-state index contributed by atoms with van der Waals surface area (Å²) in [7, 11) is -4.41. The molecule has 0 heterocycles. The smallest absolute Gasteiger partial charge is 0.266 e. The second-order valence-electron chi connectivity index (χ2n) is 16.2. The lowest BCUT2D eigenvalue weighted by Gasteiger charge is -2.24. The molecule has 53 heavy (non-hydrogen) atoms. The number of carbonyl (C=O) groups is 1. The number of aliphatic hydroxyl groups excluding tert-OH is 2. The molecular weight excluding hydrogens is 683 g/mol. The number of aliphatic hydroxyl groups is 2. The Hall–Kier alpha value is -0.960. The number of rotatable bonds is 42. The molecule has 0 bridgehead atoms. The van der Waals surface area contributed by atoms with Gasteiger partial charge in [-0.15, -0.1) is 0 Å². The molecule has 0 aliphatic rings. The standard InChI is InChI=1S/C45H89NO6S/c1-3-5-7-9-11-13-15-17-19-21-23-25-27-29-31-33-35-37-39-43(47)42(41-53(50,51)52)46-45(49)44(48)40-38-36-34-32-30-28-26-24-22-20-18-16-14-12-10-8-6-4-2/h22,24,42-44,47-48H,3-21,23,25-41H2,1-2H3,(H,46,49)(H,50,51,52)/b24-22-. The van der Waals surface area contributed by atoms with Crippen molar-refractivity contribution in [1.29, 1.82) is 0 Å². The monoisotopic (exact) mass is 772 g/mol. The molecule has 0 aromatic rings. The van der Waals surface area contributed by atoms with Crippen LogP contribution in [0.1, 0.15) is 245 Å². The first-order valence-electron chi connectivity index (χ1n) is 23.0. The molecule has 0 radical (unpaired) electrons. The predicted octanol–water partition coefficient (Wildman–Crippen LogP) is 12.7. The van der Waals surface area contributed by atoms with E-state index < -0.39 is 40.0 Å². The Bertz CT molecular complexity index is 911. The molecule has 8 heteroatoms. The fourth-order valence-corrected chi connectivity index (χ4v) is 8.04. The number of carbonyl (C=O) groups excluding carboxylic acids is 1. The summed E-state index contributed by atoms with van der Waals surface area (Å²) in [6.07, 6.45) is 45.1. The van der Waals surface area contributed by atoms with Gasteiger partial charge in [0.2, 0.25) is 5.91 Å². The summed E-state index contributed by atoms with van der Waals surface area (Å²) < 4.78 is 32.7. The predicted molar refractivity (Wildman–Crippen MR) is 227 cm³/mol. The van der Waals surface area contributed by atoms with Gasteiger partial charge in [-0.25, -0.2) is 0 Å². The average molecular weight is 772 g/mol. The van der Waals surface area contributed by atoms with Crippen molar-refractivity contribution in [2.24, 2.45) is 0 Å². The maximum atomic E-state index is 12.6. The fourth-order valence-electron chi connectivity index (χ4n) is 7.28. The first kappa shape index (κ1) is 52.0. The van der Waals surface area contributed by atoms with E-state index in [-0.39, 0.29) is 0 Å². The molecule has 0 saturated heterocycles. The van der Waals surface area contributed by atoms with E-state index in [4.69, 9.17) is 0 Å². The van der Waals surface area contributed by atoms with Crippen LogP contribution in [0.3, 0.4) is 0 Å². The van der Waals surface area contributed by atoms with Crippen LogP contribution < -0.4 is 5.32 Å². The maximum Gasteiger partial charge on any atom is 0.266 e. The summed E-state index contributed by atoms with van der Waals surface area (Å²) in [5.41, 5.74) is 0. The molecule has 316 valence electrons. The molecule has 0 aliphatic heterocycles. The summed E-state index contributed by atoms with van der Waals surface area (Å²) in [4.78, 5) is 12.6. The molecular formula is C45H89NO6S. The Morgan fingerprint density at radius 3 is 1.13 bits per heavy atom. The summed E-state index contributed by atoms with van der Waals surface area (Å²) >= 11 is 0. The second kappa shape index (κ2) is 39.3. The molecule has 4 N–H and O–H groups in total. The second-order valence-corrected chi connectivity index (χ2v) is 17.7. The van der Waals surface area contributed by atoms with Crippen molar-refractivity contribution in [3.63, 3.8) is 0 Å². The summed E-state index contributed by atoms with van der Waals surface area (Å²) in [6.45, 7) is 4.53. The Labute approximate surface area is 329 Å². The van der Waals surface area contributed by atoms with E-state index in [0.29, 0.717) is 19.3 Å². The van der Waals surface area contributed by atoms with Crippen molar-refractivity contribution >= 4 is 16.0 Å². The van der Waals surface area contributed by atoms with Gasteiger partial charge in [-0.1, -0.05) is 219 Å². The maximum absolute atomic E-state index is 12.6. The minimum Gasteiger partial charge on any atom is -0.391 e. The van der Waals surface area contributed by atoms with Gasteiger partial charge < -0.3 is 15.5 Å². The molecule has 0 rings (SSSR count). The van der Waals surface area contributed by atoms with Gasteiger partial charge in [0.1, 0.15) is 6.10 Å². The Morgan fingerprint density at radius 1 is 0.491 bits per heavy atom. The largest absolute Gasteiger partial charge is 0.391 e. The molecule has 0 aromatic heterocycles. The van der Waals surface area contributed by atoms with E-state index in [0.717, 1.165) is 51.4 Å². The Morgan fingerprint density at radius 2 is 0.792 bits per heavy atom. The first-order chi connectivity index (χ1) is 25.7. The number of amides is 1. The fraction of sp³-hybridized carbons (Fsp3) is 0.933. The van der Waals surface area contributed by atoms with Crippen LogP contribution in [0.25, 0.3) is 0 Å². The van der Waals surface area contributed by atoms with E-state index in [1.54, 1.807) is 0 Å². The molecule has 1 amide bonds. The van der Waals surface area contributed by atoms with Crippen LogP contribution in [0.5, 0.6) is 0 Å². The van der Waals surface area contributed by atoms with Crippen LogP contribution in [-0.4, -0.2) is 53.1 Å². The first-order valence-corrected chi connectivity index (χ1v) is 24.6. The van der Waals surface area contributed by atoms with Crippen LogP contribution in [0.2, 0.25) is 0 Å². The zero-order chi connectivity index (χ0) is 39.1. The van der Waals surface area contributed by atoms with Gasteiger partial charge >= 0.3 is 0 Å². The summed E-state index contributed by atoms with van der Waals surface area (Å²) in [6, 6.07) is -1.15. The third-order valence-corrected chi connectivity index (χ3v) is 11.6. The average Bonchev–Trinajstić information content (AvgIpc) is 3.12. The van der Waals surface area contributed by atoms with E-state index >= 15 is 0 Å². The SMILES string of the molecule is CCCCCCCCCC/C=C\CCCCCCCCC(O)C(=O)NC(CS(=O)(=O)O)C(O)CCCCCCCCCCCCCCCCCCCC. The van der Waals surface area contributed by atoms with Crippen LogP contribution in [-0.2, 0) is 14.9 Å². The molecule has 0 aromatic carbocycles. The van der Waals surface area contributed by atoms with Gasteiger partial charge in [-0.05, 0) is 38.5 Å². The van der Waals surface area contributed by atoms with Gasteiger partial charge in [0.05, 0.1) is 17.9 Å². The topological polar surface area (TPSA) is 124 Å². The molecule has 3 atom stereocenters. The van der Waals surface area contributed by atoms with Crippen LogP contribution in [0.4, 0.5) is 0 Å². The summed E-state index contributed by atoms with van der Waals surface area (Å²) in [5, 5.41) is 23.6. The highest BCUT2D eigenvalue weighted by molar-refractivity contribution is 7.85. The molecule has 7 nitrogen and oxygen atoms in total. The van der Waals surface area contributed by atoms with E-state index in [1.807, 2.05) is 0 Å². The molecule has 0 saturated carbocycles. The van der Waals surface area contributed by atoms with E-state index in [2.05, 4.69) is 31.3 Å². The summed E-state index contributed by atoms with van der Waals surface area (Å²) in [5.74, 6) is -1.45. The van der Waals surface area contributed by atoms with Gasteiger partial charge in [0, 0.05) is 0 Å². The normalized spacial score (nSPS) is 13.8. The number of nitrogens with one attached hydrogen (secondary N) is 1. The molecule has 0 spiro atoms. The van der Waals surface area contributed by atoms with Crippen LogP contribution >= 0.6 is 0 Å². The molecule has 0 fully saturated rings. The number of hydrogen-bond acceptors (Lipinski definition) is 5. The van der Waals surface area contributed by atoms with E-state index in [9.17, 15) is 28.0 Å². The van der Waals surface area contributed by atoms with Crippen molar-refractivity contribution in [3.8, 4) is 0 Å². The van der Waals surface area contributed by atoms with Crippen molar-refractivity contribution < 1.29 is 28.0 Å².